The van der Waals surface area contributed by atoms with Crippen LogP contribution in [0.5, 0.6) is 11.5 Å². The summed E-state index contributed by atoms with van der Waals surface area (Å²) in [6.45, 7) is 3.34. The molecule has 0 aliphatic carbocycles. The molecule has 0 radical (unpaired) electrons. The van der Waals surface area contributed by atoms with Crippen molar-refractivity contribution in [2.24, 2.45) is 0 Å². The maximum atomic E-state index is 11.5. The highest BCUT2D eigenvalue weighted by atomic mass is 16.6. The Morgan fingerprint density at radius 3 is 1.78 bits per heavy atom. The van der Waals surface area contributed by atoms with Gasteiger partial charge in [0, 0.05) is 12.8 Å². The van der Waals surface area contributed by atoms with Crippen LogP contribution in [0, 0.1) is 0 Å². The summed E-state index contributed by atoms with van der Waals surface area (Å²) in [6.07, 6.45) is 1.02. The lowest BCUT2D eigenvalue weighted by Gasteiger charge is -2.20. The predicted octanol–water partition coefficient (Wildman–Crippen LogP) is 3.02. The average Bonchev–Trinajstić information content (AvgIpc) is 3.18. The largest absolute Gasteiger partial charge is 0.478 e. The van der Waals surface area contributed by atoms with E-state index in [0.29, 0.717) is 18.6 Å². The zero-order chi connectivity index (χ0) is 19.7. The van der Waals surface area contributed by atoms with E-state index in [2.05, 4.69) is 0 Å². The Morgan fingerprint density at radius 1 is 0.889 bits per heavy atom. The third-order valence-corrected chi connectivity index (χ3v) is 4.74. The maximum absolute atomic E-state index is 11.5. The van der Waals surface area contributed by atoms with E-state index in [1.807, 2.05) is 42.5 Å². The number of fused-ring (bicyclic) bond motifs is 2. The van der Waals surface area contributed by atoms with Crippen LogP contribution in [0.15, 0.2) is 48.5 Å². The van der Waals surface area contributed by atoms with Crippen LogP contribution in [0.1, 0.15) is 25.0 Å². The summed E-state index contributed by atoms with van der Waals surface area (Å²) >= 11 is 0. The average molecular weight is 370 g/mol. The molecule has 6 heteroatoms. The number of carbonyl (C=O) groups is 2. The fourth-order valence-electron chi connectivity index (χ4n) is 3.23. The number of hydrogen-bond acceptors (Lipinski definition) is 5. The molecule has 27 heavy (non-hydrogen) atoms. The molecule has 0 fully saturated rings. The van der Waals surface area contributed by atoms with E-state index in [-0.39, 0.29) is 5.97 Å². The van der Waals surface area contributed by atoms with Gasteiger partial charge in [0.05, 0.1) is 7.11 Å². The van der Waals surface area contributed by atoms with Crippen LogP contribution in [-0.4, -0.2) is 35.4 Å². The first-order valence-electron chi connectivity index (χ1n) is 8.63. The van der Waals surface area contributed by atoms with Gasteiger partial charge in [-0.15, -0.1) is 0 Å². The Kier molecular flexibility index (Phi) is 4.83. The molecule has 0 aromatic heterocycles. The summed E-state index contributed by atoms with van der Waals surface area (Å²) in [6, 6.07) is 15.1. The molecular formula is C21H22O6. The number of benzene rings is 2. The van der Waals surface area contributed by atoms with Gasteiger partial charge in [0.1, 0.15) is 11.5 Å². The van der Waals surface area contributed by atoms with Crippen LogP contribution in [0.25, 0.3) is 0 Å². The molecule has 0 bridgehead atoms. The Labute approximate surface area is 157 Å². The number of para-hydroxylation sites is 2. The predicted molar refractivity (Wildman–Crippen MR) is 98.0 cm³/mol. The minimum atomic E-state index is -1.08. The summed E-state index contributed by atoms with van der Waals surface area (Å²) in [4.78, 5) is 22.3. The zero-order valence-electron chi connectivity index (χ0n) is 15.5. The van der Waals surface area contributed by atoms with E-state index in [9.17, 15) is 9.59 Å². The van der Waals surface area contributed by atoms with Gasteiger partial charge in [0.2, 0.25) is 11.2 Å². The Balaban J connectivity index is 0.000000156. The molecule has 6 nitrogen and oxygen atoms in total. The third kappa shape index (κ3) is 3.60. The van der Waals surface area contributed by atoms with Crippen molar-refractivity contribution in [2.75, 3.05) is 7.11 Å². The molecule has 4 rings (SSSR count). The minimum Gasteiger partial charge on any atom is -0.478 e. The van der Waals surface area contributed by atoms with Gasteiger partial charge >= 0.3 is 11.9 Å². The van der Waals surface area contributed by atoms with E-state index in [4.69, 9.17) is 19.3 Å². The van der Waals surface area contributed by atoms with Crippen LogP contribution in [-0.2, 0) is 27.2 Å². The van der Waals surface area contributed by atoms with Gasteiger partial charge < -0.3 is 19.3 Å². The molecule has 2 unspecified atom stereocenters. The van der Waals surface area contributed by atoms with Gasteiger partial charge in [-0.25, -0.2) is 9.59 Å². The van der Waals surface area contributed by atoms with Crippen molar-refractivity contribution in [3.05, 3.63) is 59.7 Å². The summed E-state index contributed by atoms with van der Waals surface area (Å²) in [7, 11) is 1.37. The van der Waals surface area contributed by atoms with Gasteiger partial charge in [-0.1, -0.05) is 36.4 Å². The number of methoxy groups -OCH3 is 1. The highest BCUT2D eigenvalue weighted by molar-refractivity contribution is 5.81. The van der Waals surface area contributed by atoms with E-state index < -0.39 is 17.2 Å². The molecule has 2 aliphatic heterocycles. The minimum absolute atomic E-state index is 0.325. The number of carbonyl (C=O) groups excluding carboxylic acids is 1. The Morgan fingerprint density at radius 2 is 1.33 bits per heavy atom. The topological polar surface area (TPSA) is 82.1 Å². The Hall–Kier alpha value is -3.02. The smallest absolute Gasteiger partial charge is 0.350 e. The van der Waals surface area contributed by atoms with Crippen molar-refractivity contribution in [3.63, 3.8) is 0 Å². The van der Waals surface area contributed by atoms with E-state index >= 15 is 0 Å². The molecule has 0 saturated heterocycles. The monoisotopic (exact) mass is 370 g/mol. The fraction of sp³-hybridized carbons (Fsp3) is 0.333. The van der Waals surface area contributed by atoms with E-state index in [1.165, 1.54) is 7.11 Å². The van der Waals surface area contributed by atoms with Gasteiger partial charge in [-0.05, 0) is 37.1 Å². The first kappa shape index (κ1) is 18.8. The number of esters is 1. The number of carboxylic acid groups (broad SMARTS) is 1. The van der Waals surface area contributed by atoms with Crippen LogP contribution >= 0.6 is 0 Å². The number of rotatable bonds is 2. The second-order valence-corrected chi connectivity index (χ2v) is 7.03. The number of aliphatic carboxylic acids is 1. The number of ether oxygens (including phenoxy) is 3. The van der Waals surface area contributed by atoms with Gasteiger partial charge in [0.15, 0.2) is 0 Å². The lowest BCUT2D eigenvalue weighted by molar-refractivity contribution is -0.156. The summed E-state index contributed by atoms with van der Waals surface area (Å²) < 4.78 is 15.6. The highest BCUT2D eigenvalue weighted by Crippen LogP contribution is 2.35. The molecule has 2 aromatic rings. The van der Waals surface area contributed by atoms with E-state index in [1.54, 1.807) is 19.9 Å². The summed E-state index contributed by atoms with van der Waals surface area (Å²) in [5.41, 5.74) is 0.0927. The molecule has 1 N–H and O–H groups in total. The van der Waals surface area contributed by atoms with Crippen molar-refractivity contribution >= 4 is 11.9 Å². The molecule has 0 amide bonds. The molecule has 2 aliphatic rings. The Bertz CT molecular complexity index is 822. The third-order valence-electron chi connectivity index (χ3n) is 4.74. The molecule has 2 atom stereocenters. The molecule has 2 heterocycles. The zero-order valence-corrected chi connectivity index (χ0v) is 15.5. The van der Waals surface area contributed by atoms with Crippen LogP contribution in [0.2, 0.25) is 0 Å². The lowest BCUT2D eigenvalue weighted by Crippen LogP contribution is -2.40. The van der Waals surface area contributed by atoms with Crippen LogP contribution in [0.3, 0.4) is 0 Å². The molecular weight excluding hydrogens is 348 g/mol. The van der Waals surface area contributed by atoms with Crippen molar-refractivity contribution < 1.29 is 28.9 Å². The van der Waals surface area contributed by atoms with E-state index in [0.717, 1.165) is 16.9 Å². The maximum Gasteiger partial charge on any atom is 0.350 e. The molecule has 142 valence electrons. The standard InChI is InChI=1S/C11H12O3.C10H10O3/c1-11(10(12)13-2)7-8-5-3-4-6-9(8)14-11;1-10(9(11)12)6-7-4-2-3-5-8(7)13-10/h3-6H,7H2,1-2H3;2-5H,6H2,1H3,(H,11,12). The lowest BCUT2D eigenvalue weighted by atomic mass is 10.00. The quantitative estimate of drug-likeness (QED) is 0.819. The first-order chi connectivity index (χ1) is 12.8. The van der Waals surface area contributed by atoms with Crippen LogP contribution in [0.4, 0.5) is 0 Å². The number of carboxylic acids is 1. The van der Waals surface area contributed by atoms with Gasteiger partial charge in [-0.3, -0.25) is 0 Å². The van der Waals surface area contributed by atoms with Crippen molar-refractivity contribution in [1.29, 1.82) is 0 Å². The summed E-state index contributed by atoms with van der Waals surface area (Å²) in [5.74, 6) is 0.227. The van der Waals surface area contributed by atoms with Crippen molar-refractivity contribution in [1.82, 2.24) is 0 Å². The van der Waals surface area contributed by atoms with Crippen molar-refractivity contribution in [3.8, 4) is 11.5 Å². The second-order valence-electron chi connectivity index (χ2n) is 7.03. The normalized spacial score (nSPS) is 24.4. The molecule has 2 aromatic carbocycles. The highest BCUT2D eigenvalue weighted by Gasteiger charge is 2.43. The second kappa shape index (κ2) is 6.95. The molecule has 0 spiro atoms. The van der Waals surface area contributed by atoms with Crippen molar-refractivity contribution in [2.45, 2.75) is 37.9 Å². The summed E-state index contributed by atoms with van der Waals surface area (Å²) in [5, 5.41) is 8.92. The SMILES string of the molecule is CC1(C(=O)O)Cc2ccccc2O1.COC(=O)C1(C)Cc2ccccc2O1. The molecule has 0 saturated carbocycles. The van der Waals surface area contributed by atoms with Gasteiger partial charge in [0.25, 0.3) is 0 Å². The van der Waals surface area contributed by atoms with Crippen LogP contribution < -0.4 is 9.47 Å². The number of hydrogen-bond donors (Lipinski definition) is 1. The fourth-order valence-corrected chi connectivity index (χ4v) is 3.23. The first-order valence-corrected chi connectivity index (χ1v) is 8.63. The van der Waals surface area contributed by atoms with Gasteiger partial charge in [-0.2, -0.15) is 0 Å².